The third kappa shape index (κ3) is 2.03. The number of carboxylic acid groups (broad SMARTS) is 1. The molecular formula is C11H13NO3. The molecular weight excluding hydrogens is 194 g/mol. The first kappa shape index (κ1) is 9.83. The Bertz CT molecular complexity index is 389. The number of fused-ring (bicyclic) bond motifs is 1. The predicted octanol–water partition coefficient (Wildman–Crippen LogP) is 1.14. The van der Waals surface area contributed by atoms with Crippen LogP contribution >= 0.6 is 0 Å². The second-order valence-corrected chi connectivity index (χ2v) is 3.64. The van der Waals surface area contributed by atoms with E-state index in [4.69, 9.17) is 9.84 Å². The molecule has 2 rings (SSSR count). The summed E-state index contributed by atoms with van der Waals surface area (Å²) >= 11 is 0. The molecule has 0 radical (unpaired) electrons. The van der Waals surface area contributed by atoms with Crippen molar-refractivity contribution < 1.29 is 14.6 Å². The van der Waals surface area contributed by atoms with Gasteiger partial charge < -0.3 is 14.7 Å². The van der Waals surface area contributed by atoms with E-state index in [-0.39, 0.29) is 6.42 Å². The highest BCUT2D eigenvalue weighted by atomic mass is 16.5. The molecule has 0 unspecified atom stereocenters. The molecule has 1 aromatic rings. The number of anilines is 1. The summed E-state index contributed by atoms with van der Waals surface area (Å²) in [7, 11) is 1.98. The molecule has 0 saturated carbocycles. The standard InChI is InChI=1S/C11H13NO3/c1-12-4-5-15-10-3-2-8(6-9(10)12)7-11(13)14/h2-3,6H,4-5,7H2,1H3,(H,13,14). The molecule has 1 aliphatic rings. The van der Waals surface area contributed by atoms with Gasteiger partial charge in [-0.1, -0.05) is 6.07 Å². The average Bonchev–Trinajstić information content (AvgIpc) is 2.18. The van der Waals surface area contributed by atoms with Crippen LogP contribution in [0.3, 0.4) is 0 Å². The van der Waals surface area contributed by atoms with Crippen LogP contribution < -0.4 is 9.64 Å². The van der Waals surface area contributed by atoms with E-state index in [0.29, 0.717) is 6.61 Å². The van der Waals surface area contributed by atoms with Crippen molar-refractivity contribution >= 4 is 11.7 Å². The van der Waals surface area contributed by atoms with Gasteiger partial charge in [-0.25, -0.2) is 0 Å². The summed E-state index contributed by atoms with van der Waals surface area (Å²) in [4.78, 5) is 12.6. The molecule has 0 amide bonds. The second-order valence-electron chi connectivity index (χ2n) is 3.64. The van der Waals surface area contributed by atoms with Crippen LogP contribution in [0.4, 0.5) is 5.69 Å². The van der Waals surface area contributed by atoms with Gasteiger partial charge in [-0.05, 0) is 17.7 Å². The molecule has 4 nitrogen and oxygen atoms in total. The smallest absolute Gasteiger partial charge is 0.307 e. The fourth-order valence-corrected chi connectivity index (χ4v) is 1.68. The lowest BCUT2D eigenvalue weighted by Crippen LogP contribution is -2.28. The topological polar surface area (TPSA) is 49.8 Å². The van der Waals surface area contributed by atoms with Gasteiger partial charge in [0.15, 0.2) is 0 Å². The Kier molecular flexibility index (Phi) is 2.49. The maximum atomic E-state index is 10.6. The minimum Gasteiger partial charge on any atom is -0.490 e. The van der Waals surface area contributed by atoms with Crippen molar-refractivity contribution in [2.75, 3.05) is 25.1 Å². The highest BCUT2D eigenvalue weighted by molar-refractivity contribution is 5.72. The van der Waals surface area contributed by atoms with Crippen LogP contribution in [0, 0.1) is 0 Å². The highest BCUT2D eigenvalue weighted by Crippen LogP contribution is 2.31. The minimum atomic E-state index is -0.811. The van der Waals surface area contributed by atoms with Gasteiger partial charge in [-0.2, -0.15) is 0 Å². The van der Waals surface area contributed by atoms with Gasteiger partial charge >= 0.3 is 5.97 Å². The van der Waals surface area contributed by atoms with Crippen molar-refractivity contribution in [3.63, 3.8) is 0 Å². The lowest BCUT2D eigenvalue weighted by Gasteiger charge is -2.27. The molecule has 15 heavy (non-hydrogen) atoms. The number of carboxylic acids is 1. The molecule has 4 heteroatoms. The molecule has 0 fully saturated rings. The Morgan fingerprint density at radius 3 is 3.13 bits per heavy atom. The summed E-state index contributed by atoms with van der Waals surface area (Å²) in [5.74, 6) is 0.0206. The first-order valence-corrected chi connectivity index (χ1v) is 4.85. The van der Waals surface area contributed by atoms with E-state index in [1.807, 2.05) is 19.2 Å². The number of aliphatic carboxylic acids is 1. The van der Waals surface area contributed by atoms with E-state index in [0.717, 1.165) is 23.5 Å². The van der Waals surface area contributed by atoms with E-state index in [2.05, 4.69) is 4.90 Å². The number of hydrogen-bond acceptors (Lipinski definition) is 3. The molecule has 0 bridgehead atoms. The number of nitrogens with zero attached hydrogens (tertiary/aromatic N) is 1. The predicted molar refractivity (Wildman–Crippen MR) is 56.5 cm³/mol. The Labute approximate surface area is 88.1 Å². The van der Waals surface area contributed by atoms with Crippen molar-refractivity contribution in [3.8, 4) is 5.75 Å². The summed E-state index contributed by atoms with van der Waals surface area (Å²) < 4.78 is 5.46. The van der Waals surface area contributed by atoms with E-state index in [1.165, 1.54) is 0 Å². The van der Waals surface area contributed by atoms with E-state index >= 15 is 0 Å². The molecule has 1 N–H and O–H groups in total. The van der Waals surface area contributed by atoms with Crippen molar-refractivity contribution in [3.05, 3.63) is 23.8 Å². The molecule has 0 saturated heterocycles. The first-order valence-electron chi connectivity index (χ1n) is 4.85. The summed E-state index contributed by atoms with van der Waals surface area (Å²) in [5, 5.41) is 8.69. The quantitative estimate of drug-likeness (QED) is 0.790. The summed E-state index contributed by atoms with van der Waals surface area (Å²) in [5.41, 5.74) is 1.78. The fourth-order valence-electron chi connectivity index (χ4n) is 1.68. The van der Waals surface area contributed by atoms with Crippen LogP contribution in [-0.2, 0) is 11.2 Å². The zero-order valence-electron chi connectivity index (χ0n) is 8.56. The van der Waals surface area contributed by atoms with Gasteiger partial charge in [0.2, 0.25) is 0 Å². The van der Waals surface area contributed by atoms with E-state index in [9.17, 15) is 4.79 Å². The molecule has 0 aliphatic carbocycles. The lowest BCUT2D eigenvalue weighted by molar-refractivity contribution is -0.136. The number of benzene rings is 1. The van der Waals surface area contributed by atoms with Crippen LogP contribution in [0.1, 0.15) is 5.56 Å². The van der Waals surface area contributed by atoms with Gasteiger partial charge in [-0.15, -0.1) is 0 Å². The van der Waals surface area contributed by atoms with Gasteiger partial charge in [0.05, 0.1) is 18.7 Å². The third-order valence-electron chi connectivity index (χ3n) is 2.47. The van der Waals surface area contributed by atoms with Crippen molar-refractivity contribution in [1.29, 1.82) is 0 Å². The van der Waals surface area contributed by atoms with Crippen LogP contribution in [0.5, 0.6) is 5.75 Å². The van der Waals surface area contributed by atoms with Crippen molar-refractivity contribution in [2.24, 2.45) is 0 Å². The molecule has 0 atom stereocenters. The maximum Gasteiger partial charge on any atom is 0.307 e. The van der Waals surface area contributed by atoms with Gasteiger partial charge in [0.1, 0.15) is 12.4 Å². The normalized spacial score (nSPS) is 14.3. The Balaban J connectivity index is 2.31. The van der Waals surface area contributed by atoms with E-state index in [1.54, 1.807) is 6.07 Å². The number of rotatable bonds is 2. The Hall–Kier alpha value is -1.71. The number of hydrogen-bond donors (Lipinski definition) is 1. The summed E-state index contributed by atoms with van der Waals surface area (Å²) in [6, 6.07) is 5.51. The summed E-state index contributed by atoms with van der Waals surface area (Å²) in [6.07, 6.45) is 0.0567. The Morgan fingerprint density at radius 2 is 2.40 bits per heavy atom. The van der Waals surface area contributed by atoms with Gasteiger partial charge in [0.25, 0.3) is 0 Å². The van der Waals surface area contributed by atoms with E-state index < -0.39 is 5.97 Å². The third-order valence-corrected chi connectivity index (χ3v) is 2.47. The average molecular weight is 207 g/mol. The van der Waals surface area contributed by atoms with Crippen LogP contribution in [0.25, 0.3) is 0 Å². The zero-order chi connectivity index (χ0) is 10.8. The fraction of sp³-hybridized carbons (Fsp3) is 0.364. The zero-order valence-corrected chi connectivity index (χ0v) is 8.56. The number of likely N-dealkylation sites (N-methyl/N-ethyl adjacent to an activating group) is 1. The SMILES string of the molecule is CN1CCOc2ccc(CC(=O)O)cc21. The van der Waals surface area contributed by atoms with Crippen LogP contribution in [0.15, 0.2) is 18.2 Å². The van der Waals surface area contributed by atoms with Crippen LogP contribution in [0.2, 0.25) is 0 Å². The molecule has 0 aromatic heterocycles. The molecule has 1 aromatic carbocycles. The Morgan fingerprint density at radius 1 is 1.60 bits per heavy atom. The van der Waals surface area contributed by atoms with Crippen LogP contribution in [-0.4, -0.2) is 31.3 Å². The maximum absolute atomic E-state index is 10.6. The second kappa shape index (κ2) is 3.81. The van der Waals surface area contributed by atoms with Crippen molar-refractivity contribution in [2.45, 2.75) is 6.42 Å². The molecule has 1 aliphatic heterocycles. The van der Waals surface area contributed by atoms with Gasteiger partial charge in [-0.3, -0.25) is 4.79 Å². The first-order chi connectivity index (χ1) is 7.16. The lowest BCUT2D eigenvalue weighted by atomic mass is 10.1. The monoisotopic (exact) mass is 207 g/mol. The number of carbonyl (C=O) groups is 1. The molecule has 1 heterocycles. The molecule has 80 valence electrons. The highest BCUT2D eigenvalue weighted by Gasteiger charge is 2.15. The van der Waals surface area contributed by atoms with Crippen molar-refractivity contribution in [1.82, 2.24) is 0 Å². The number of ether oxygens (including phenoxy) is 1. The minimum absolute atomic E-state index is 0.0567. The largest absolute Gasteiger partial charge is 0.490 e. The van der Waals surface area contributed by atoms with Gasteiger partial charge in [0, 0.05) is 7.05 Å². The summed E-state index contributed by atoms with van der Waals surface area (Å²) in [6.45, 7) is 1.52. The molecule has 0 spiro atoms.